The maximum absolute atomic E-state index is 10.4. The zero-order valence-corrected chi connectivity index (χ0v) is 11.2. The molecule has 0 saturated heterocycles. The molecule has 0 spiro atoms. The van der Waals surface area contributed by atoms with Gasteiger partial charge in [-0.1, -0.05) is 18.2 Å². The summed E-state index contributed by atoms with van der Waals surface area (Å²) in [6.07, 6.45) is 7.84. The van der Waals surface area contributed by atoms with E-state index in [-0.39, 0.29) is 0 Å². The average molecular weight is 267 g/mol. The highest BCUT2D eigenvalue weighted by Crippen LogP contribution is 2.49. The maximum atomic E-state index is 10.4. The van der Waals surface area contributed by atoms with Gasteiger partial charge >= 0.3 is 0 Å². The fourth-order valence-corrected chi connectivity index (χ4v) is 2.55. The summed E-state index contributed by atoms with van der Waals surface area (Å²) in [7, 11) is 0. The summed E-state index contributed by atoms with van der Waals surface area (Å²) in [4.78, 5) is 4.18. The molecule has 0 aliphatic heterocycles. The molecule has 3 nitrogen and oxygen atoms in total. The summed E-state index contributed by atoms with van der Waals surface area (Å²) in [5.74, 6) is 0.909. The number of rotatable bonds is 4. The molecular formula is C17H17NO2. The minimum atomic E-state index is -0.684. The van der Waals surface area contributed by atoms with Crippen molar-refractivity contribution in [3.8, 4) is 16.9 Å². The Labute approximate surface area is 118 Å². The van der Waals surface area contributed by atoms with Crippen LogP contribution in [0.2, 0.25) is 0 Å². The smallest absolute Gasteiger partial charge is 0.127 e. The fraction of sp³-hybridized carbons (Fsp3) is 0.353. The second-order valence-corrected chi connectivity index (χ2v) is 5.77. The lowest BCUT2D eigenvalue weighted by Crippen LogP contribution is -2.07. The third kappa shape index (κ3) is 2.08. The van der Waals surface area contributed by atoms with Crippen LogP contribution in [0.3, 0.4) is 0 Å². The molecule has 0 bridgehead atoms. The molecule has 2 aliphatic rings. The SMILES string of the molecule is OC1(c2cnccc2-c2ccccc2OC2CC2)CC1. The molecule has 1 aromatic carbocycles. The van der Waals surface area contributed by atoms with E-state index in [0.717, 1.165) is 48.1 Å². The van der Waals surface area contributed by atoms with Gasteiger partial charge in [0, 0.05) is 23.5 Å². The van der Waals surface area contributed by atoms with Crippen molar-refractivity contribution < 1.29 is 9.84 Å². The standard InChI is InChI=1S/C17H17NO2/c19-17(8-9-17)15-11-18-10-7-13(15)14-3-1-2-4-16(14)20-12-5-6-12/h1-4,7,10-12,19H,5-6,8-9H2. The zero-order valence-electron chi connectivity index (χ0n) is 11.2. The van der Waals surface area contributed by atoms with Crippen LogP contribution in [0.15, 0.2) is 42.7 Å². The summed E-state index contributed by atoms with van der Waals surface area (Å²) >= 11 is 0. The number of para-hydroxylation sites is 1. The van der Waals surface area contributed by atoms with E-state index in [1.54, 1.807) is 12.4 Å². The Morgan fingerprint density at radius 1 is 1.10 bits per heavy atom. The molecule has 20 heavy (non-hydrogen) atoms. The van der Waals surface area contributed by atoms with Crippen molar-refractivity contribution in [1.29, 1.82) is 0 Å². The van der Waals surface area contributed by atoms with E-state index in [1.807, 2.05) is 24.3 Å². The Morgan fingerprint density at radius 2 is 1.90 bits per heavy atom. The Kier molecular flexibility index (Phi) is 2.57. The predicted molar refractivity (Wildman–Crippen MR) is 76.5 cm³/mol. The van der Waals surface area contributed by atoms with Gasteiger partial charge in [-0.05, 0) is 43.4 Å². The maximum Gasteiger partial charge on any atom is 0.127 e. The van der Waals surface area contributed by atoms with Crippen LogP contribution in [0.4, 0.5) is 0 Å². The van der Waals surface area contributed by atoms with Crippen molar-refractivity contribution >= 4 is 0 Å². The molecule has 2 aromatic rings. The van der Waals surface area contributed by atoms with E-state index >= 15 is 0 Å². The summed E-state index contributed by atoms with van der Waals surface area (Å²) in [6.45, 7) is 0. The van der Waals surface area contributed by atoms with Crippen molar-refractivity contribution in [2.75, 3.05) is 0 Å². The van der Waals surface area contributed by atoms with Crippen LogP contribution < -0.4 is 4.74 Å². The normalized spacial score (nSPS) is 19.6. The van der Waals surface area contributed by atoms with E-state index in [2.05, 4.69) is 11.1 Å². The van der Waals surface area contributed by atoms with Gasteiger partial charge in [-0.15, -0.1) is 0 Å². The highest BCUT2D eigenvalue weighted by molar-refractivity contribution is 5.74. The lowest BCUT2D eigenvalue weighted by atomic mass is 9.96. The number of pyridine rings is 1. The largest absolute Gasteiger partial charge is 0.490 e. The molecule has 1 heterocycles. The van der Waals surface area contributed by atoms with Crippen LogP contribution >= 0.6 is 0 Å². The molecule has 1 N–H and O–H groups in total. The van der Waals surface area contributed by atoms with Gasteiger partial charge in [0.05, 0.1) is 11.7 Å². The third-order valence-electron chi connectivity index (χ3n) is 4.04. The van der Waals surface area contributed by atoms with Gasteiger partial charge in [-0.25, -0.2) is 0 Å². The predicted octanol–water partition coefficient (Wildman–Crippen LogP) is 3.27. The van der Waals surface area contributed by atoms with Crippen LogP contribution in [-0.4, -0.2) is 16.2 Å². The molecule has 0 atom stereocenters. The van der Waals surface area contributed by atoms with Gasteiger partial charge in [0.2, 0.25) is 0 Å². The van der Waals surface area contributed by atoms with Crippen molar-refractivity contribution in [1.82, 2.24) is 4.98 Å². The molecule has 0 amide bonds. The Hall–Kier alpha value is -1.87. The molecule has 102 valence electrons. The van der Waals surface area contributed by atoms with Crippen molar-refractivity contribution in [2.45, 2.75) is 37.4 Å². The highest BCUT2D eigenvalue weighted by atomic mass is 16.5. The average Bonchev–Trinajstić information content (AvgIpc) is 3.39. The highest BCUT2D eigenvalue weighted by Gasteiger charge is 2.44. The van der Waals surface area contributed by atoms with Crippen LogP contribution in [-0.2, 0) is 5.60 Å². The number of aromatic nitrogens is 1. The lowest BCUT2D eigenvalue weighted by molar-refractivity contribution is 0.151. The van der Waals surface area contributed by atoms with Gasteiger partial charge in [-0.2, -0.15) is 0 Å². The number of hydrogen-bond acceptors (Lipinski definition) is 3. The number of benzene rings is 1. The van der Waals surface area contributed by atoms with E-state index < -0.39 is 5.60 Å². The summed E-state index contributed by atoms with van der Waals surface area (Å²) in [5.41, 5.74) is 2.33. The summed E-state index contributed by atoms with van der Waals surface area (Å²) in [6, 6.07) is 10.0. The monoisotopic (exact) mass is 267 g/mol. The minimum Gasteiger partial charge on any atom is -0.490 e. The Balaban J connectivity index is 1.81. The molecule has 3 heteroatoms. The van der Waals surface area contributed by atoms with Gasteiger partial charge in [0.15, 0.2) is 0 Å². The van der Waals surface area contributed by atoms with E-state index in [1.165, 1.54) is 0 Å². The van der Waals surface area contributed by atoms with Crippen molar-refractivity contribution in [3.05, 3.63) is 48.3 Å². The minimum absolute atomic E-state index is 0.366. The summed E-state index contributed by atoms with van der Waals surface area (Å²) < 4.78 is 6.00. The molecule has 2 aliphatic carbocycles. The van der Waals surface area contributed by atoms with Gasteiger partial charge in [0.25, 0.3) is 0 Å². The molecule has 4 rings (SSSR count). The van der Waals surface area contributed by atoms with E-state index in [9.17, 15) is 5.11 Å². The first-order valence-electron chi connectivity index (χ1n) is 7.19. The first-order valence-corrected chi connectivity index (χ1v) is 7.19. The zero-order chi connectivity index (χ0) is 13.6. The fourth-order valence-electron chi connectivity index (χ4n) is 2.55. The van der Waals surface area contributed by atoms with Crippen molar-refractivity contribution in [2.24, 2.45) is 0 Å². The van der Waals surface area contributed by atoms with Crippen molar-refractivity contribution in [3.63, 3.8) is 0 Å². The second kappa shape index (κ2) is 4.32. The first-order chi connectivity index (χ1) is 9.76. The number of ether oxygens (including phenoxy) is 1. The van der Waals surface area contributed by atoms with E-state index in [0.29, 0.717) is 6.10 Å². The molecular weight excluding hydrogens is 250 g/mol. The second-order valence-electron chi connectivity index (χ2n) is 5.77. The number of nitrogens with zero attached hydrogens (tertiary/aromatic N) is 1. The molecule has 0 unspecified atom stereocenters. The number of aliphatic hydroxyl groups is 1. The van der Waals surface area contributed by atoms with Gasteiger partial charge < -0.3 is 9.84 Å². The summed E-state index contributed by atoms with van der Waals surface area (Å²) in [5, 5.41) is 10.4. The van der Waals surface area contributed by atoms with Crippen LogP contribution in [0, 0.1) is 0 Å². The Morgan fingerprint density at radius 3 is 2.65 bits per heavy atom. The molecule has 0 radical (unpaired) electrons. The quantitative estimate of drug-likeness (QED) is 0.924. The van der Waals surface area contributed by atoms with Gasteiger partial charge in [-0.3, -0.25) is 4.98 Å². The van der Waals surface area contributed by atoms with Crippen LogP contribution in [0.5, 0.6) is 5.75 Å². The number of hydrogen-bond donors (Lipinski definition) is 1. The molecule has 1 aromatic heterocycles. The first kappa shape index (κ1) is 11.9. The van der Waals surface area contributed by atoms with Crippen LogP contribution in [0.1, 0.15) is 31.2 Å². The molecule has 2 saturated carbocycles. The van der Waals surface area contributed by atoms with Crippen LogP contribution in [0.25, 0.3) is 11.1 Å². The Bertz CT molecular complexity index is 645. The topological polar surface area (TPSA) is 42.4 Å². The van der Waals surface area contributed by atoms with Gasteiger partial charge in [0.1, 0.15) is 5.75 Å². The third-order valence-corrected chi connectivity index (χ3v) is 4.04. The lowest BCUT2D eigenvalue weighted by Gasteiger charge is -2.16. The van der Waals surface area contributed by atoms with E-state index in [4.69, 9.17) is 4.74 Å². The molecule has 2 fully saturated rings.